The van der Waals surface area contributed by atoms with Gasteiger partial charge in [0.2, 0.25) is 5.91 Å². The van der Waals surface area contributed by atoms with Crippen molar-refractivity contribution in [1.82, 2.24) is 5.32 Å². The van der Waals surface area contributed by atoms with E-state index in [1.807, 2.05) is 6.08 Å². The molecule has 0 aromatic carbocycles. The average molecular weight is 1330 g/mol. The Kier molecular flexibility index (Phi) is 50.2. The Morgan fingerprint density at radius 1 is 0.394 bits per heavy atom. The first-order valence-corrected chi connectivity index (χ1v) is 36.5. The number of aliphatic hydroxyl groups is 11. The largest absolute Gasteiger partial charge is 0.394 e. The predicted molar refractivity (Wildman–Crippen MR) is 369 cm³/mol. The Hall–Kier alpha value is -3.29. The number of nitrogens with one attached hydrogen (secondary N) is 1. The number of hydrogen-bond acceptors (Lipinski definition) is 18. The highest BCUT2D eigenvalue weighted by molar-refractivity contribution is 5.76. The number of amides is 1. The van der Waals surface area contributed by atoms with Crippen molar-refractivity contribution in [2.75, 3.05) is 26.4 Å². The van der Waals surface area contributed by atoms with E-state index in [1.165, 1.54) is 116 Å². The molecular formula is C75H129NO18. The maximum atomic E-state index is 13.3. The van der Waals surface area contributed by atoms with Crippen molar-refractivity contribution in [3.8, 4) is 0 Å². The molecule has 17 atom stereocenters. The van der Waals surface area contributed by atoms with Crippen molar-refractivity contribution >= 4 is 5.91 Å². The second-order valence-electron chi connectivity index (χ2n) is 25.7. The molecule has 0 aliphatic carbocycles. The molecule has 12 N–H and O–H groups in total. The summed E-state index contributed by atoms with van der Waals surface area (Å²) >= 11 is 0. The van der Waals surface area contributed by atoms with Crippen molar-refractivity contribution in [2.45, 2.75) is 343 Å². The molecule has 94 heavy (non-hydrogen) atoms. The molecule has 0 spiro atoms. The van der Waals surface area contributed by atoms with E-state index in [9.17, 15) is 61.0 Å². The van der Waals surface area contributed by atoms with Crippen LogP contribution in [-0.2, 0) is 33.2 Å². The van der Waals surface area contributed by atoms with Gasteiger partial charge in [-0.05, 0) is 77.0 Å². The highest BCUT2D eigenvalue weighted by Gasteiger charge is 2.53. The molecule has 3 heterocycles. The number of carbonyl (C=O) groups excluding carboxylic acids is 1. The number of carbonyl (C=O) groups is 1. The van der Waals surface area contributed by atoms with Crippen LogP contribution in [-0.4, -0.2) is 193 Å². The van der Waals surface area contributed by atoms with Crippen LogP contribution in [0.5, 0.6) is 0 Å². The summed E-state index contributed by atoms with van der Waals surface area (Å²) in [6.45, 7) is 1.55. The summed E-state index contributed by atoms with van der Waals surface area (Å²) < 4.78 is 34.2. The molecule has 3 saturated heterocycles. The van der Waals surface area contributed by atoms with Crippen molar-refractivity contribution < 1.29 is 89.4 Å². The van der Waals surface area contributed by atoms with E-state index < -0.39 is 124 Å². The van der Waals surface area contributed by atoms with Gasteiger partial charge in [0.05, 0.1) is 38.6 Å². The standard InChI is InChI=1S/C75H129NO18/c1-3-5-7-9-11-13-14-15-16-17-18-19-20-21-22-23-24-25-26-27-28-29-30-31-32-33-34-35-36-37-38-39-40-41-42-43-44-45-47-49-51-53-63(81)76-58(59(80)52-50-48-46-12-10-8-6-4-2)57-89-73-69(87)66(84)71(61(55-78)91-73)94-75-70(88)67(85)72(62(56-79)92-75)93-74-68(86)65(83)64(82)60(54-77)90-74/h5,7,11,13,15-16,18-19,21-22,24-25,27-28,50,52,58-62,64-75,77-80,82-88H,3-4,6,8-10,12,14,17,20,23,26,29-49,51,53-57H2,1-2H3,(H,76,81)/b7-5-,13-11-,16-15-,19-18-,22-21-,25-24-,28-27-,52-50+. The van der Waals surface area contributed by atoms with Crippen LogP contribution in [0, 0.1) is 0 Å². The third-order valence-corrected chi connectivity index (χ3v) is 17.6. The molecular weight excluding hydrogens is 1200 g/mol. The Balaban J connectivity index is 1.25. The van der Waals surface area contributed by atoms with Crippen molar-refractivity contribution in [2.24, 2.45) is 0 Å². The van der Waals surface area contributed by atoms with E-state index >= 15 is 0 Å². The van der Waals surface area contributed by atoms with Gasteiger partial charge >= 0.3 is 0 Å². The summed E-state index contributed by atoms with van der Waals surface area (Å²) in [4.78, 5) is 13.3. The minimum atomic E-state index is -1.98. The smallest absolute Gasteiger partial charge is 0.220 e. The maximum Gasteiger partial charge on any atom is 0.220 e. The van der Waals surface area contributed by atoms with Crippen LogP contribution in [0.2, 0.25) is 0 Å². The highest BCUT2D eigenvalue weighted by Crippen LogP contribution is 2.33. The monoisotopic (exact) mass is 1330 g/mol. The van der Waals surface area contributed by atoms with Crippen LogP contribution in [0.3, 0.4) is 0 Å². The lowest BCUT2D eigenvalue weighted by Gasteiger charge is -2.48. The molecule has 542 valence electrons. The normalized spacial score (nSPS) is 27.9. The Bertz CT molecular complexity index is 2080. The molecule has 19 heteroatoms. The molecule has 17 unspecified atom stereocenters. The van der Waals surface area contributed by atoms with Crippen LogP contribution in [0.4, 0.5) is 0 Å². The summed E-state index contributed by atoms with van der Waals surface area (Å²) in [6.07, 6.45) is 47.4. The zero-order valence-corrected chi connectivity index (χ0v) is 57.4. The number of ether oxygens (including phenoxy) is 6. The molecule has 3 fully saturated rings. The van der Waals surface area contributed by atoms with Crippen LogP contribution in [0.15, 0.2) is 97.2 Å². The van der Waals surface area contributed by atoms with Gasteiger partial charge in [-0.1, -0.05) is 252 Å². The Labute approximate surface area is 564 Å². The van der Waals surface area contributed by atoms with E-state index in [0.29, 0.717) is 6.42 Å². The predicted octanol–water partition coefficient (Wildman–Crippen LogP) is 10.4. The second-order valence-corrected chi connectivity index (χ2v) is 25.7. The topological polar surface area (TPSA) is 307 Å². The average Bonchev–Trinajstić information content (AvgIpc) is 0.834. The first-order valence-electron chi connectivity index (χ1n) is 36.5. The van der Waals surface area contributed by atoms with Crippen LogP contribution in [0.25, 0.3) is 0 Å². The van der Waals surface area contributed by atoms with Crippen molar-refractivity contribution in [3.63, 3.8) is 0 Å². The summed E-state index contributed by atoms with van der Waals surface area (Å²) in [7, 11) is 0. The molecule has 3 aliphatic rings. The lowest BCUT2D eigenvalue weighted by molar-refractivity contribution is -0.379. The number of aliphatic hydroxyl groups excluding tert-OH is 11. The molecule has 3 rings (SSSR count). The Morgan fingerprint density at radius 3 is 1.15 bits per heavy atom. The van der Waals surface area contributed by atoms with Crippen LogP contribution in [0.1, 0.15) is 239 Å². The molecule has 3 aliphatic heterocycles. The minimum Gasteiger partial charge on any atom is -0.394 e. The molecule has 0 aromatic heterocycles. The highest BCUT2D eigenvalue weighted by atomic mass is 16.8. The second kappa shape index (κ2) is 55.6. The zero-order chi connectivity index (χ0) is 68.2. The number of unbranched alkanes of at least 4 members (excludes halogenated alkanes) is 25. The molecule has 0 aromatic rings. The fourth-order valence-corrected chi connectivity index (χ4v) is 11.8. The molecule has 0 bridgehead atoms. The number of rotatable bonds is 55. The van der Waals surface area contributed by atoms with Gasteiger partial charge in [-0.15, -0.1) is 0 Å². The van der Waals surface area contributed by atoms with Gasteiger partial charge in [0.1, 0.15) is 73.2 Å². The first kappa shape index (κ1) is 84.9. The van der Waals surface area contributed by atoms with E-state index in [-0.39, 0.29) is 18.9 Å². The van der Waals surface area contributed by atoms with E-state index in [4.69, 9.17) is 28.4 Å². The van der Waals surface area contributed by atoms with E-state index in [0.717, 1.165) is 96.3 Å². The van der Waals surface area contributed by atoms with Gasteiger partial charge in [-0.3, -0.25) is 4.79 Å². The summed E-state index contributed by atoms with van der Waals surface area (Å²) in [6, 6.07) is -0.973. The van der Waals surface area contributed by atoms with Gasteiger partial charge in [0.15, 0.2) is 18.9 Å². The first-order chi connectivity index (χ1) is 45.8. The fraction of sp³-hybridized carbons (Fsp3) is 0.773. The molecule has 0 saturated carbocycles. The van der Waals surface area contributed by atoms with Crippen molar-refractivity contribution in [1.29, 1.82) is 0 Å². The van der Waals surface area contributed by atoms with Gasteiger partial charge in [0.25, 0.3) is 0 Å². The Morgan fingerprint density at radius 2 is 0.734 bits per heavy atom. The number of hydrogen-bond donors (Lipinski definition) is 12. The van der Waals surface area contributed by atoms with E-state index in [2.05, 4.69) is 104 Å². The summed E-state index contributed by atoms with van der Waals surface area (Å²) in [5.41, 5.74) is 0. The van der Waals surface area contributed by atoms with Gasteiger partial charge < -0.3 is 89.9 Å². The summed E-state index contributed by atoms with van der Waals surface area (Å²) in [5.74, 6) is -0.280. The maximum absolute atomic E-state index is 13.3. The van der Waals surface area contributed by atoms with Crippen LogP contribution < -0.4 is 5.32 Å². The zero-order valence-electron chi connectivity index (χ0n) is 57.4. The van der Waals surface area contributed by atoms with E-state index in [1.54, 1.807) is 6.08 Å². The van der Waals surface area contributed by atoms with Gasteiger partial charge in [-0.2, -0.15) is 0 Å². The quantitative estimate of drug-likeness (QED) is 0.0199. The molecule has 19 nitrogen and oxygen atoms in total. The lowest BCUT2D eigenvalue weighted by atomic mass is 9.96. The third-order valence-electron chi connectivity index (χ3n) is 17.6. The number of allylic oxidation sites excluding steroid dienone is 15. The SMILES string of the molecule is CC/C=C\C/C=C\C/C=C\C/C=C\C/C=C\C/C=C\C/C=C\CCCCCCCCCCCCCCCCCCCCCC(=O)NC(COC1OC(CO)C(OC2OC(CO)C(OC3OC(CO)C(O)C(O)C3O)C(O)C2O)C(O)C1O)C(O)/C=C/CCCCCCCC. The van der Waals surface area contributed by atoms with Crippen molar-refractivity contribution in [3.05, 3.63) is 97.2 Å². The minimum absolute atomic E-state index is 0.241. The third kappa shape index (κ3) is 36.5. The van der Waals surface area contributed by atoms with Gasteiger partial charge in [-0.25, -0.2) is 0 Å². The molecule has 0 radical (unpaired) electrons. The summed E-state index contributed by atoms with van der Waals surface area (Å²) in [5, 5.41) is 120. The lowest BCUT2D eigenvalue weighted by Crippen LogP contribution is -2.66. The van der Waals surface area contributed by atoms with Gasteiger partial charge in [0, 0.05) is 6.42 Å². The van der Waals surface area contributed by atoms with Crippen LogP contribution >= 0.6 is 0 Å². The fourth-order valence-electron chi connectivity index (χ4n) is 11.8. The molecule has 1 amide bonds.